The van der Waals surface area contributed by atoms with Gasteiger partial charge in [0, 0.05) is 20.3 Å². The summed E-state index contributed by atoms with van der Waals surface area (Å²) in [5, 5.41) is 0. The van der Waals surface area contributed by atoms with Crippen molar-refractivity contribution in [3.8, 4) is 0 Å². The Labute approximate surface area is 109 Å². The van der Waals surface area contributed by atoms with E-state index in [4.69, 9.17) is 24.7 Å². The molecular weight excluding hydrogens is 238 g/mol. The molecule has 0 radical (unpaired) electrons. The van der Waals surface area contributed by atoms with Crippen LogP contribution in [0.4, 0.5) is 0 Å². The second-order valence-corrected chi connectivity index (χ2v) is 4.22. The SMILES string of the molecule is COCCOCCOCCC(C)(CN)C(=O)OC. The van der Waals surface area contributed by atoms with E-state index < -0.39 is 5.41 Å². The Hall–Kier alpha value is -0.690. The average molecular weight is 263 g/mol. The summed E-state index contributed by atoms with van der Waals surface area (Å²) in [4.78, 5) is 11.5. The molecule has 0 aromatic heterocycles. The molecule has 0 amide bonds. The Morgan fingerprint density at radius 3 is 2.11 bits per heavy atom. The topological polar surface area (TPSA) is 80.0 Å². The molecule has 6 heteroatoms. The van der Waals surface area contributed by atoms with Gasteiger partial charge in [-0.15, -0.1) is 0 Å². The van der Waals surface area contributed by atoms with Crippen molar-refractivity contribution in [2.45, 2.75) is 13.3 Å². The third-order valence-electron chi connectivity index (χ3n) is 2.73. The lowest BCUT2D eigenvalue weighted by molar-refractivity contribution is -0.152. The summed E-state index contributed by atoms with van der Waals surface area (Å²) in [5.41, 5.74) is 4.91. The van der Waals surface area contributed by atoms with E-state index in [1.165, 1.54) is 7.11 Å². The molecule has 0 aromatic carbocycles. The molecule has 0 aliphatic heterocycles. The normalized spacial score (nSPS) is 14.2. The molecule has 0 spiro atoms. The van der Waals surface area contributed by atoms with Crippen LogP contribution in [0.25, 0.3) is 0 Å². The van der Waals surface area contributed by atoms with Crippen LogP contribution in [0.3, 0.4) is 0 Å². The average Bonchev–Trinajstić information content (AvgIpc) is 2.40. The van der Waals surface area contributed by atoms with E-state index in [1.807, 2.05) is 0 Å². The van der Waals surface area contributed by atoms with Gasteiger partial charge >= 0.3 is 5.97 Å². The quantitative estimate of drug-likeness (QED) is 0.423. The van der Waals surface area contributed by atoms with Crippen molar-refractivity contribution in [1.29, 1.82) is 0 Å². The minimum absolute atomic E-state index is 0.243. The highest BCUT2D eigenvalue weighted by molar-refractivity contribution is 5.76. The fourth-order valence-electron chi connectivity index (χ4n) is 1.30. The lowest BCUT2D eigenvalue weighted by Crippen LogP contribution is -2.37. The molecule has 0 aliphatic rings. The third kappa shape index (κ3) is 6.90. The Morgan fingerprint density at radius 2 is 1.61 bits per heavy atom. The molecule has 0 bridgehead atoms. The van der Waals surface area contributed by atoms with Crippen LogP contribution in [-0.2, 0) is 23.7 Å². The smallest absolute Gasteiger partial charge is 0.312 e. The molecular formula is C12H25NO5. The number of esters is 1. The van der Waals surface area contributed by atoms with Gasteiger partial charge < -0.3 is 24.7 Å². The third-order valence-corrected chi connectivity index (χ3v) is 2.73. The van der Waals surface area contributed by atoms with Crippen LogP contribution in [0.2, 0.25) is 0 Å². The van der Waals surface area contributed by atoms with E-state index in [1.54, 1.807) is 14.0 Å². The first-order chi connectivity index (χ1) is 8.60. The molecule has 2 N–H and O–H groups in total. The number of rotatable bonds is 11. The van der Waals surface area contributed by atoms with Crippen LogP contribution >= 0.6 is 0 Å². The van der Waals surface area contributed by atoms with Crippen LogP contribution in [0.1, 0.15) is 13.3 Å². The van der Waals surface area contributed by atoms with Crippen LogP contribution in [-0.4, -0.2) is 59.8 Å². The van der Waals surface area contributed by atoms with Crippen LogP contribution in [0.15, 0.2) is 0 Å². The van der Waals surface area contributed by atoms with E-state index in [9.17, 15) is 4.79 Å². The summed E-state index contributed by atoms with van der Waals surface area (Å²) >= 11 is 0. The van der Waals surface area contributed by atoms with E-state index in [2.05, 4.69) is 0 Å². The van der Waals surface area contributed by atoms with Crippen molar-refractivity contribution in [2.75, 3.05) is 53.8 Å². The molecule has 1 atom stereocenters. The van der Waals surface area contributed by atoms with Crippen LogP contribution < -0.4 is 5.73 Å². The van der Waals surface area contributed by atoms with Crippen molar-refractivity contribution in [3.05, 3.63) is 0 Å². The maximum Gasteiger partial charge on any atom is 0.312 e. The van der Waals surface area contributed by atoms with Gasteiger partial charge in [-0.25, -0.2) is 0 Å². The Bertz CT molecular complexity index is 225. The van der Waals surface area contributed by atoms with Crippen molar-refractivity contribution >= 4 is 5.97 Å². The molecule has 6 nitrogen and oxygen atoms in total. The predicted octanol–water partition coefficient (Wildman–Crippen LogP) is 0.194. The van der Waals surface area contributed by atoms with Gasteiger partial charge in [-0.2, -0.15) is 0 Å². The Morgan fingerprint density at radius 1 is 1.06 bits per heavy atom. The molecule has 0 rings (SSSR count). The first-order valence-corrected chi connectivity index (χ1v) is 6.03. The van der Waals surface area contributed by atoms with E-state index in [0.717, 1.165) is 0 Å². The number of hydrogen-bond acceptors (Lipinski definition) is 6. The van der Waals surface area contributed by atoms with Crippen LogP contribution in [0, 0.1) is 5.41 Å². The predicted molar refractivity (Wildman–Crippen MR) is 67.3 cm³/mol. The molecule has 0 saturated carbocycles. The van der Waals surface area contributed by atoms with Crippen LogP contribution in [0.5, 0.6) is 0 Å². The summed E-state index contributed by atoms with van der Waals surface area (Å²) < 4.78 is 20.2. The molecule has 0 fully saturated rings. The number of carbonyl (C=O) groups excluding carboxylic acids is 1. The zero-order valence-corrected chi connectivity index (χ0v) is 11.6. The number of hydrogen-bond donors (Lipinski definition) is 1. The van der Waals surface area contributed by atoms with E-state index in [-0.39, 0.29) is 12.5 Å². The van der Waals surface area contributed by atoms with Crippen molar-refractivity contribution < 1.29 is 23.7 Å². The summed E-state index contributed by atoms with van der Waals surface area (Å²) in [7, 11) is 2.99. The molecule has 0 aromatic rings. The van der Waals surface area contributed by atoms with Gasteiger partial charge in [0.15, 0.2) is 0 Å². The van der Waals surface area contributed by atoms with Gasteiger partial charge in [-0.05, 0) is 13.3 Å². The molecule has 18 heavy (non-hydrogen) atoms. The van der Waals surface area contributed by atoms with Gasteiger partial charge in [0.2, 0.25) is 0 Å². The van der Waals surface area contributed by atoms with Gasteiger partial charge in [0.05, 0.1) is 39.0 Å². The highest BCUT2D eigenvalue weighted by Gasteiger charge is 2.32. The molecule has 0 heterocycles. The molecule has 0 saturated heterocycles. The standard InChI is InChI=1S/C12H25NO5/c1-12(10-13,11(14)16-3)4-5-17-8-9-18-7-6-15-2/h4-10,13H2,1-3H3. The minimum atomic E-state index is -0.675. The first-order valence-electron chi connectivity index (χ1n) is 6.03. The summed E-state index contributed by atoms with van der Waals surface area (Å²) in [5.74, 6) is -0.301. The van der Waals surface area contributed by atoms with Gasteiger partial charge in [-0.1, -0.05) is 0 Å². The number of nitrogens with two attached hydrogens (primary N) is 1. The lowest BCUT2D eigenvalue weighted by Gasteiger charge is -2.24. The second-order valence-electron chi connectivity index (χ2n) is 4.22. The lowest BCUT2D eigenvalue weighted by atomic mass is 9.87. The zero-order valence-electron chi connectivity index (χ0n) is 11.6. The van der Waals surface area contributed by atoms with Gasteiger partial charge in [-0.3, -0.25) is 4.79 Å². The summed E-state index contributed by atoms with van der Waals surface area (Å²) in [6.07, 6.45) is 0.536. The maximum atomic E-state index is 11.5. The monoisotopic (exact) mass is 263 g/mol. The number of ether oxygens (including phenoxy) is 4. The van der Waals surface area contributed by atoms with Crippen molar-refractivity contribution in [1.82, 2.24) is 0 Å². The molecule has 1 unspecified atom stereocenters. The van der Waals surface area contributed by atoms with Gasteiger partial charge in [0.25, 0.3) is 0 Å². The Balaban J connectivity index is 3.60. The van der Waals surface area contributed by atoms with Gasteiger partial charge in [0.1, 0.15) is 0 Å². The summed E-state index contributed by atoms with van der Waals surface area (Å²) in [6.45, 7) is 4.61. The van der Waals surface area contributed by atoms with Crippen molar-refractivity contribution in [3.63, 3.8) is 0 Å². The van der Waals surface area contributed by atoms with E-state index in [0.29, 0.717) is 39.5 Å². The minimum Gasteiger partial charge on any atom is -0.469 e. The Kier molecular flexibility index (Phi) is 9.86. The highest BCUT2D eigenvalue weighted by atomic mass is 16.5. The fraction of sp³-hybridized carbons (Fsp3) is 0.917. The highest BCUT2D eigenvalue weighted by Crippen LogP contribution is 2.21. The zero-order chi connectivity index (χ0) is 13.9. The summed E-state index contributed by atoms with van der Waals surface area (Å²) in [6, 6.07) is 0. The molecule has 0 aliphatic carbocycles. The second kappa shape index (κ2) is 10.3. The molecule has 108 valence electrons. The number of carbonyl (C=O) groups is 1. The number of methoxy groups -OCH3 is 2. The maximum absolute atomic E-state index is 11.5. The van der Waals surface area contributed by atoms with E-state index >= 15 is 0 Å². The first kappa shape index (κ1) is 17.3. The largest absolute Gasteiger partial charge is 0.469 e. The van der Waals surface area contributed by atoms with Crippen molar-refractivity contribution in [2.24, 2.45) is 11.1 Å². The fourth-order valence-corrected chi connectivity index (χ4v) is 1.30.